The second-order valence-electron chi connectivity index (χ2n) is 8.37. The summed E-state index contributed by atoms with van der Waals surface area (Å²) in [4.78, 5) is 8.97. The highest BCUT2D eigenvalue weighted by atomic mass is 14.9. The lowest BCUT2D eigenvalue weighted by Crippen LogP contribution is -2.32. The van der Waals surface area contributed by atoms with E-state index in [0.29, 0.717) is 0 Å². The zero-order chi connectivity index (χ0) is 22.2. The fourth-order valence-corrected chi connectivity index (χ4v) is 3.93. The molecule has 4 nitrogen and oxygen atoms in total. The van der Waals surface area contributed by atoms with Crippen LogP contribution in [-0.4, -0.2) is 9.97 Å². The molecular weight excluding hydrogens is 392 g/mol. The van der Waals surface area contributed by atoms with Crippen molar-refractivity contribution in [3.8, 4) is 22.5 Å². The van der Waals surface area contributed by atoms with Crippen molar-refractivity contribution in [1.29, 1.82) is 0 Å². The van der Waals surface area contributed by atoms with Gasteiger partial charge in [-0.3, -0.25) is 9.97 Å². The number of pyridine rings is 4. The van der Waals surface area contributed by atoms with E-state index >= 15 is 0 Å². The number of rotatable bonds is 9. The van der Waals surface area contributed by atoms with Crippen LogP contribution < -0.4 is 9.13 Å². The Morgan fingerprint density at radius 3 is 1.91 bits per heavy atom. The van der Waals surface area contributed by atoms with Crippen molar-refractivity contribution in [2.45, 2.75) is 52.6 Å². The van der Waals surface area contributed by atoms with Crippen molar-refractivity contribution in [1.82, 2.24) is 9.97 Å². The Labute approximate surface area is 191 Å². The average Bonchev–Trinajstić information content (AvgIpc) is 2.83. The maximum atomic E-state index is 4.51. The molecule has 0 aromatic carbocycles. The molecule has 0 radical (unpaired) electrons. The first kappa shape index (κ1) is 21.8. The van der Waals surface area contributed by atoms with E-state index in [0.717, 1.165) is 50.2 Å². The van der Waals surface area contributed by atoms with Gasteiger partial charge >= 0.3 is 0 Å². The minimum absolute atomic E-state index is 0.945. The highest BCUT2D eigenvalue weighted by Crippen LogP contribution is 2.18. The van der Waals surface area contributed by atoms with E-state index in [4.69, 9.17) is 0 Å². The molecular formula is C28H32N4+2. The van der Waals surface area contributed by atoms with Crippen molar-refractivity contribution in [2.24, 2.45) is 0 Å². The molecule has 0 spiro atoms. The molecule has 4 heteroatoms. The molecule has 0 amide bonds. The van der Waals surface area contributed by atoms with Crippen LogP contribution in [0.25, 0.3) is 22.5 Å². The summed E-state index contributed by atoms with van der Waals surface area (Å²) in [6, 6.07) is 17.2. The lowest BCUT2D eigenvalue weighted by molar-refractivity contribution is -0.697. The zero-order valence-electron chi connectivity index (χ0n) is 19.1. The molecule has 4 aromatic rings. The van der Waals surface area contributed by atoms with E-state index in [2.05, 4.69) is 100 Å². The summed E-state index contributed by atoms with van der Waals surface area (Å²) in [6.45, 7) is 6.39. The van der Waals surface area contributed by atoms with Crippen LogP contribution in [0.1, 0.15) is 37.3 Å². The molecule has 4 rings (SSSR count). The molecule has 162 valence electrons. The Bertz CT molecular complexity index is 1130. The lowest BCUT2D eigenvalue weighted by atomic mass is 10.1. The first-order valence-electron chi connectivity index (χ1n) is 11.6. The Kier molecular flexibility index (Phi) is 7.34. The third kappa shape index (κ3) is 5.85. The predicted octanol–water partition coefficient (Wildman–Crippen LogP) is 5.13. The highest BCUT2D eigenvalue weighted by molar-refractivity contribution is 5.61. The van der Waals surface area contributed by atoms with Gasteiger partial charge in [-0.15, -0.1) is 0 Å². The molecule has 0 atom stereocenters. The Balaban J connectivity index is 1.28. The van der Waals surface area contributed by atoms with E-state index in [1.807, 2.05) is 18.5 Å². The van der Waals surface area contributed by atoms with Crippen molar-refractivity contribution in [3.63, 3.8) is 0 Å². The topological polar surface area (TPSA) is 33.5 Å². The van der Waals surface area contributed by atoms with E-state index in [1.54, 1.807) is 0 Å². The molecule has 32 heavy (non-hydrogen) atoms. The molecule has 0 aliphatic carbocycles. The Morgan fingerprint density at radius 2 is 1.28 bits per heavy atom. The van der Waals surface area contributed by atoms with Crippen LogP contribution in [0, 0.1) is 6.92 Å². The van der Waals surface area contributed by atoms with E-state index in [9.17, 15) is 0 Å². The molecule has 0 N–H and O–H groups in total. The molecule has 0 aliphatic heterocycles. The van der Waals surface area contributed by atoms with Crippen molar-refractivity contribution < 1.29 is 9.13 Å². The average molecular weight is 425 g/mol. The van der Waals surface area contributed by atoms with Gasteiger partial charge in [-0.2, -0.15) is 0 Å². The standard InChI is InChI=1S/C28H32N4/c1-3-15-31-17-9-25(10-18-31)26-11-19-32(20-12-26)16-5-4-6-24-8-14-30-28(22-24)27-21-23(2)7-13-29-27/h7-14,17-22H,3-6,15-16H2,1-2H3/q+2. The van der Waals surface area contributed by atoms with Gasteiger partial charge in [0.15, 0.2) is 24.8 Å². The lowest BCUT2D eigenvalue weighted by Gasteiger charge is -2.05. The number of hydrogen-bond acceptors (Lipinski definition) is 2. The second kappa shape index (κ2) is 10.8. The predicted molar refractivity (Wildman–Crippen MR) is 128 cm³/mol. The van der Waals surface area contributed by atoms with Crippen LogP contribution in [0.4, 0.5) is 0 Å². The van der Waals surface area contributed by atoms with E-state index in [1.165, 1.54) is 22.3 Å². The van der Waals surface area contributed by atoms with Crippen LogP contribution >= 0.6 is 0 Å². The monoisotopic (exact) mass is 424 g/mol. The van der Waals surface area contributed by atoms with Crippen LogP contribution in [-0.2, 0) is 19.5 Å². The molecule has 0 bridgehead atoms. The maximum absolute atomic E-state index is 4.51. The fourth-order valence-electron chi connectivity index (χ4n) is 3.93. The third-order valence-electron chi connectivity index (χ3n) is 5.73. The van der Waals surface area contributed by atoms with Crippen LogP contribution in [0.3, 0.4) is 0 Å². The number of nitrogens with zero attached hydrogens (tertiary/aromatic N) is 4. The van der Waals surface area contributed by atoms with Gasteiger partial charge in [-0.05, 0) is 66.3 Å². The zero-order valence-corrected chi connectivity index (χ0v) is 19.1. The van der Waals surface area contributed by atoms with Gasteiger partial charge in [0.25, 0.3) is 0 Å². The minimum Gasteiger partial charge on any atom is -0.255 e. The molecule has 0 unspecified atom stereocenters. The Hall–Kier alpha value is -3.40. The molecule has 4 heterocycles. The minimum atomic E-state index is 0.945. The van der Waals surface area contributed by atoms with Crippen molar-refractivity contribution in [2.75, 3.05) is 0 Å². The summed E-state index contributed by atoms with van der Waals surface area (Å²) in [6.07, 6.45) is 17.0. The van der Waals surface area contributed by atoms with E-state index < -0.39 is 0 Å². The third-order valence-corrected chi connectivity index (χ3v) is 5.73. The fraction of sp³-hybridized carbons (Fsp3) is 0.286. The molecule has 4 aromatic heterocycles. The van der Waals surface area contributed by atoms with Crippen LogP contribution in [0.2, 0.25) is 0 Å². The van der Waals surface area contributed by atoms with Crippen molar-refractivity contribution in [3.05, 3.63) is 96.8 Å². The molecule has 0 saturated heterocycles. The summed E-state index contributed by atoms with van der Waals surface area (Å²) in [5.41, 5.74) is 6.96. The normalized spacial score (nSPS) is 10.9. The molecule has 0 saturated carbocycles. The van der Waals surface area contributed by atoms with Crippen LogP contribution in [0.5, 0.6) is 0 Å². The number of hydrogen-bond donors (Lipinski definition) is 0. The smallest absolute Gasteiger partial charge is 0.169 e. The summed E-state index contributed by atoms with van der Waals surface area (Å²) < 4.78 is 4.51. The van der Waals surface area contributed by atoms with Gasteiger partial charge in [0.05, 0.1) is 11.4 Å². The number of aryl methyl sites for hydroxylation is 4. The van der Waals surface area contributed by atoms with Gasteiger partial charge in [0.1, 0.15) is 13.1 Å². The SMILES string of the molecule is CCC[n+]1ccc(-c2cc[n+](CCCCc3ccnc(-c4cc(C)ccn4)c3)cc2)cc1. The van der Waals surface area contributed by atoms with E-state index in [-0.39, 0.29) is 0 Å². The van der Waals surface area contributed by atoms with Gasteiger partial charge in [-0.1, -0.05) is 6.92 Å². The first-order valence-corrected chi connectivity index (χ1v) is 11.6. The maximum Gasteiger partial charge on any atom is 0.169 e. The van der Waals surface area contributed by atoms with Crippen molar-refractivity contribution >= 4 is 0 Å². The van der Waals surface area contributed by atoms with Gasteiger partial charge in [-0.25, -0.2) is 9.13 Å². The molecule has 0 fully saturated rings. The molecule has 0 aliphatic rings. The summed E-state index contributed by atoms with van der Waals surface area (Å²) in [7, 11) is 0. The van der Waals surface area contributed by atoms with Gasteiger partial charge in [0, 0.05) is 49.5 Å². The number of aromatic nitrogens is 4. The second-order valence-corrected chi connectivity index (χ2v) is 8.37. The largest absolute Gasteiger partial charge is 0.255 e. The summed E-state index contributed by atoms with van der Waals surface area (Å²) >= 11 is 0. The highest BCUT2D eigenvalue weighted by Gasteiger charge is 2.07. The Morgan fingerprint density at radius 1 is 0.688 bits per heavy atom. The van der Waals surface area contributed by atoms with Crippen LogP contribution in [0.15, 0.2) is 85.7 Å². The van der Waals surface area contributed by atoms with Gasteiger partial charge < -0.3 is 0 Å². The first-order chi connectivity index (χ1) is 15.7. The quantitative estimate of drug-likeness (QED) is 0.276. The summed E-state index contributed by atoms with van der Waals surface area (Å²) in [5.74, 6) is 0. The number of unbranched alkanes of at least 4 members (excludes halogenated alkanes) is 1. The van der Waals surface area contributed by atoms with Gasteiger partial charge in [0.2, 0.25) is 0 Å². The summed E-state index contributed by atoms with van der Waals surface area (Å²) in [5, 5.41) is 0.